The lowest BCUT2D eigenvalue weighted by Gasteiger charge is -2.39. The van der Waals surface area contributed by atoms with Crippen LogP contribution in [0.4, 0.5) is 0 Å². The Labute approximate surface area is 96.4 Å². The van der Waals surface area contributed by atoms with E-state index in [2.05, 4.69) is 37.4 Å². The predicted octanol–water partition coefficient (Wildman–Crippen LogP) is 3.37. The van der Waals surface area contributed by atoms with Crippen molar-refractivity contribution in [3.05, 3.63) is 0 Å². The molecule has 0 aromatic heterocycles. The quantitative estimate of drug-likeness (QED) is 0.737. The molecule has 0 amide bonds. The second-order valence-electron chi connectivity index (χ2n) is 4.20. The van der Waals surface area contributed by atoms with Gasteiger partial charge in [-0.25, -0.2) is 0 Å². The fraction of sp³-hybridized carbons (Fsp3) is 1.00. The number of hydrogen-bond acceptors (Lipinski definition) is 3. The molecule has 1 nitrogen and oxygen atoms in total. The van der Waals surface area contributed by atoms with E-state index in [9.17, 15) is 0 Å². The monoisotopic (exact) mass is 234 g/mol. The second kappa shape index (κ2) is 6.29. The Kier molecular flexibility index (Phi) is 5.72. The fourth-order valence-electron chi connectivity index (χ4n) is 1.84. The van der Waals surface area contributed by atoms with E-state index in [-0.39, 0.29) is 0 Å². The van der Waals surface area contributed by atoms with Crippen molar-refractivity contribution in [1.82, 2.24) is 0 Å². The molecule has 0 bridgehead atoms. The number of hydrogen-bond donors (Lipinski definition) is 1. The molecule has 0 aromatic carbocycles. The highest BCUT2D eigenvalue weighted by Gasteiger charge is 2.35. The van der Waals surface area contributed by atoms with Crippen LogP contribution >= 0.6 is 23.5 Å². The third-order valence-corrected chi connectivity index (χ3v) is 6.82. The molecule has 1 heterocycles. The largest absolute Gasteiger partial charge is 0.396 e. The van der Waals surface area contributed by atoms with E-state index in [0.29, 0.717) is 10.7 Å². The van der Waals surface area contributed by atoms with E-state index in [0.717, 1.165) is 12.3 Å². The van der Waals surface area contributed by atoms with Crippen molar-refractivity contribution < 1.29 is 5.11 Å². The molecule has 0 saturated carbocycles. The third kappa shape index (κ3) is 3.35. The van der Waals surface area contributed by atoms with Crippen LogP contribution in [0.3, 0.4) is 0 Å². The molecule has 0 atom stereocenters. The highest BCUT2D eigenvalue weighted by atomic mass is 32.2. The van der Waals surface area contributed by atoms with Gasteiger partial charge in [0.1, 0.15) is 0 Å². The van der Waals surface area contributed by atoms with Crippen molar-refractivity contribution in [2.75, 3.05) is 18.1 Å². The lowest BCUT2D eigenvalue weighted by molar-refractivity contribution is 0.280. The summed E-state index contributed by atoms with van der Waals surface area (Å²) in [6, 6.07) is 0. The molecule has 1 N–H and O–H groups in total. The average Bonchev–Trinajstić information content (AvgIpc) is 2.19. The second-order valence-corrected chi connectivity index (χ2v) is 7.31. The minimum absolute atomic E-state index is 0.351. The van der Waals surface area contributed by atoms with E-state index in [1.807, 2.05) is 0 Å². The van der Waals surface area contributed by atoms with Crippen LogP contribution < -0.4 is 0 Å². The molecule has 14 heavy (non-hydrogen) atoms. The van der Waals surface area contributed by atoms with Gasteiger partial charge in [0.25, 0.3) is 0 Å². The topological polar surface area (TPSA) is 20.2 Å². The van der Waals surface area contributed by atoms with Crippen LogP contribution in [0.15, 0.2) is 0 Å². The van der Waals surface area contributed by atoms with E-state index in [1.54, 1.807) is 0 Å². The van der Waals surface area contributed by atoms with Gasteiger partial charge in [-0.3, -0.25) is 0 Å². The number of rotatable bonds is 5. The first-order valence-corrected chi connectivity index (χ1v) is 7.57. The molecule has 0 unspecified atom stereocenters. The van der Waals surface area contributed by atoms with Gasteiger partial charge in [0, 0.05) is 6.61 Å². The Bertz CT molecular complexity index is 153. The van der Waals surface area contributed by atoms with Crippen LogP contribution in [0.25, 0.3) is 0 Å². The molecule has 3 heteroatoms. The summed E-state index contributed by atoms with van der Waals surface area (Å²) >= 11 is 4.30. The summed E-state index contributed by atoms with van der Waals surface area (Å²) in [5.74, 6) is 3.39. The lowest BCUT2D eigenvalue weighted by atomic mass is 10.0. The Hall–Kier alpha value is 0.660. The van der Waals surface area contributed by atoms with Gasteiger partial charge in [-0.1, -0.05) is 13.8 Å². The van der Waals surface area contributed by atoms with Gasteiger partial charge >= 0.3 is 0 Å². The molecule has 1 rings (SSSR count). The van der Waals surface area contributed by atoms with Crippen LogP contribution in [0.1, 0.15) is 39.5 Å². The summed E-state index contributed by atoms with van der Waals surface area (Å²) in [4.78, 5) is 0. The minimum atomic E-state index is 0.351. The number of thioether (sulfide) groups is 2. The van der Waals surface area contributed by atoms with Crippen LogP contribution in [0.2, 0.25) is 0 Å². The van der Waals surface area contributed by atoms with Crippen molar-refractivity contribution in [3.63, 3.8) is 0 Å². The maximum atomic E-state index is 8.80. The SMILES string of the molecule is CC(C)C1(CCCCO)SCCCS1. The van der Waals surface area contributed by atoms with E-state index in [4.69, 9.17) is 5.11 Å². The summed E-state index contributed by atoms with van der Waals surface area (Å²) in [6.45, 7) is 5.03. The summed E-state index contributed by atoms with van der Waals surface area (Å²) in [5.41, 5.74) is 0. The summed E-state index contributed by atoms with van der Waals surface area (Å²) in [7, 11) is 0. The molecule has 1 aliphatic heterocycles. The molecule has 0 aromatic rings. The highest BCUT2D eigenvalue weighted by Crippen LogP contribution is 2.50. The number of aliphatic hydroxyl groups excluding tert-OH is 1. The third-order valence-electron chi connectivity index (χ3n) is 2.79. The van der Waals surface area contributed by atoms with Gasteiger partial charge in [0.15, 0.2) is 0 Å². The molecule has 1 saturated heterocycles. The van der Waals surface area contributed by atoms with Gasteiger partial charge in [-0.2, -0.15) is 0 Å². The lowest BCUT2D eigenvalue weighted by Crippen LogP contribution is -2.31. The zero-order chi connectivity index (χ0) is 10.4. The van der Waals surface area contributed by atoms with Gasteiger partial charge in [0.2, 0.25) is 0 Å². The Morgan fingerprint density at radius 1 is 1.21 bits per heavy atom. The zero-order valence-electron chi connectivity index (χ0n) is 9.29. The Morgan fingerprint density at radius 3 is 2.36 bits per heavy atom. The first-order chi connectivity index (χ1) is 6.71. The number of aliphatic hydroxyl groups is 1. The van der Waals surface area contributed by atoms with Crippen molar-refractivity contribution in [3.8, 4) is 0 Å². The maximum absolute atomic E-state index is 8.80. The predicted molar refractivity (Wildman–Crippen MR) is 68.0 cm³/mol. The summed E-state index contributed by atoms with van der Waals surface area (Å²) < 4.78 is 0.452. The standard InChI is InChI=1S/C11H22OS2/c1-10(2)11(6-3-4-7-12)13-8-5-9-14-11/h10,12H,3-9H2,1-2H3. The van der Waals surface area contributed by atoms with Crippen molar-refractivity contribution in [2.24, 2.45) is 5.92 Å². The molecular weight excluding hydrogens is 212 g/mol. The molecule has 1 fully saturated rings. The first kappa shape index (κ1) is 12.7. The minimum Gasteiger partial charge on any atom is -0.396 e. The van der Waals surface area contributed by atoms with Gasteiger partial charge < -0.3 is 5.11 Å². The fourth-order valence-corrected chi connectivity index (χ4v) is 5.37. The maximum Gasteiger partial charge on any atom is 0.0633 e. The molecule has 1 aliphatic rings. The van der Waals surface area contributed by atoms with Gasteiger partial charge in [-0.15, -0.1) is 23.5 Å². The van der Waals surface area contributed by atoms with Crippen LogP contribution in [-0.4, -0.2) is 27.3 Å². The summed E-state index contributed by atoms with van der Waals surface area (Å²) in [6.07, 6.45) is 4.77. The van der Waals surface area contributed by atoms with E-state index in [1.165, 1.54) is 30.8 Å². The Morgan fingerprint density at radius 2 is 1.86 bits per heavy atom. The normalized spacial score (nSPS) is 21.4. The van der Waals surface area contributed by atoms with Crippen LogP contribution in [0, 0.1) is 5.92 Å². The zero-order valence-corrected chi connectivity index (χ0v) is 10.9. The van der Waals surface area contributed by atoms with Crippen molar-refractivity contribution in [1.29, 1.82) is 0 Å². The highest BCUT2D eigenvalue weighted by molar-refractivity contribution is 8.18. The van der Waals surface area contributed by atoms with Gasteiger partial charge in [-0.05, 0) is 43.1 Å². The van der Waals surface area contributed by atoms with Crippen molar-refractivity contribution >= 4 is 23.5 Å². The molecule has 84 valence electrons. The smallest absolute Gasteiger partial charge is 0.0633 e. The van der Waals surface area contributed by atoms with E-state index >= 15 is 0 Å². The van der Waals surface area contributed by atoms with Gasteiger partial charge in [0.05, 0.1) is 4.08 Å². The molecule has 0 aliphatic carbocycles. The van der Waals surface area contributed by atoms with Crippen LogP contribution in [0.5, 0.6) is 0 Å². The first-order valence-electron chi connectivity index (χ1n) is 5.60. The van der Waals surface area contributed by atoms with Crippen molar-refractivity contribution in [2.45, 2.75) is 43.6 Å². The number of unbranched alkanes of at least 4 members (excludes halogenated alkanes) is 1. The average molecular weight is 234 g/mol. The molecule has 0 radical (unpaired) electrons. The van der Waals surface area contributed by atoms with E-state index < -0.39 is 0 Å². The van der Waals surface area contributed by atoms with Crippen LogP contribution in [-0.2, 0) is 0 Å². The molecular formula is C11H22OS2. The Balaban J connectivity index is 2.43. The molecule has 0 spiro atoms. The summed E-state index contributed by atoms with van der Waals surface area (Å²) in [5, 5.41) is 8.80.